The number of carbonyl (C=O) groups is 1. The first-order valence-corrected chi connectivity index (χ1v) is 10.5. The molecule has 1 heterocycles. The molecule has 0 bridgehead atoms. The second kappa shape index (κ2) is 8.41. The summed E-state index contributed by atoms with van der Waals surface area (Å²) in [5, 5.41) is 0.781. The van der Waals surface area contributed by atoms with Crippen molar-refractivity contribution in [1.82, 2.24) is 9.88 Å². The Balaban J connectivity index is 1.99. The fraction of sp³-hybridized carbons (Fsp3) is 0.391. The summed E-state index contributed by atoms with van der Waals surface area (Å²) in [6, 6.07) is 10.3. The largest absolute Gasteiger partial charge is 0.309 e. The maximum atomic E-state index is 13.4. The summed E-state index contributed by atoms with van der Waals surface area (Å²) < 4.78 is 1.13. The number of hydrogen-bond acceptors (Lipinski definition) is 4. The molecule has 0 spiro atoms. The first-order valence-electron chi connectivity index (χ1n) is 9.68. The van der Waals surface area contributed by atoms with E-state index >= 15 is 0 Å². The lowest BCUT2D eigenvalue weighted by Gasteiger charge is -2.22. The highest BCUT2D eigenvalue weighted by Crippen LogP contribution is 2.32. The summed E-state index contributed by atoms with van der Waals surface area (Å²) in [4.78, 5) is 22.3. The van der Waals surface area contributed by atoms with Crippen LogP contribution in [0.4, 0.5) is 5.13 Å². The quantitative estimate of drug-likeness (QED) is 0.581. The lowest BCUT2D eigenvalue weighted by molar-refractivity contribution is 0.0985. The summed E-state index contributed by atoms with van der Waals surface area (Å²) in [5.74, 6) is 0.0313. The number of aromatic nitrogens is 1. The minimum Gasteiger partial charge on any atom is -0.309 e. The fourth-order valence-electron chi connectivity index (χ4n) is 3.31. The molecule has 0 atom stereocenters. The van der Waals surface area contributed by atoms with E-state index in [2.05, 4.69) is 51.0 Å². The maximum absolute atomic E-state index is 13.4. The Kier molecular flexibility index (Phi) is 6.16. The van der Waals surface area contributed by atoms with Gasteiger partial charge in [0, 0.05) is 12.1 Å². The van der Waals surface area contributed by atoms with Gasteiger partial charge in [-0.1, -0.05) is 29.0 Å². The van der Waals surface area contributed by atoms with Gasteiger partial charge in [0.25, 0.3) is 5.91 Å². The van der Waals surface area contributed by atoms with E-state index in [1.807, 2.05) is 30.9 Å². The Morgan fingerprint density at radius 3 is 2.36 bits per heavy atom. The van der Waals surface area contributed by atoms with Crippen molar-refractivity contribution in [3.05, 3.63) is 58.1 Å². The third-order valence-corrected chi connectivity index (χ3v) is 6.11. The van der Waals surface area contributed by atoms with Crippen molar-refractivity contribution in [1.29, 1.82) is 0 Å². The lowest BCUT2D eigenvalue weighted by Crippen LogP contribution is -2.33. The zero-order valence-corrected chi connectivity index (χ0v) is 18.5. The molecule has 4 nitrogen and oxygen atoms in total. The van der Waals surface area contributed by atoms with Crippen LogP contribution in [0.1, 0.15) is 39.0 Å². The molecule has 1 aromatic heterocycles. The number of benzene rings is 2. The number of nitrogens with zero attached hydrogens (tertiary/aromatic N) is 3. The standard InChI is InChI=1S/C23H29N3OS/c1-15-8-9-19(18(4)12-15)22(27)26(11-7-10-25(5)6)23-24-20-13-16(2)17(3)14-21(20)28-23/h8-9,12-14H,7,10-11H2,1-6H3. The van der Waals surface area contributed by atoms with Crippen molar-refractivity contribution in [2.75, 3.05) is 32.1 Å². The second-order valence-electron chi connectivity index (χ2n) is 7.83. The maximum Gasteiger partial charge on any atom is 0.260 e. The zero-order chi connectivity index (χ0) is 20.4. The van der Waals surface area contributed by atoms with Crippen molar-refractivity contribution in [2.24, 2.45) is 0 Å². The van der Waals surface area contributed by atoms with Crippen LogP contribution < -0.4 is 4.90 Å². The molecule has 0 saturated heterocycles. The highest BCUT2D eigenvalue weighted by atomic mass is 32.1. The van der Waals surface area contributed by atoms with Crippen LogP contribution in [0.5, 0.6) is 0 Å². The smallest absolute Gasteiger partial charge is 0.260 e. The SMILES string of the molecule is Cc1ccc(C(=O)N(CCCN(C)C)c2nc3cc(C)c(C)cc3s2)c(C)c1. The number of aryl methyl sites for hydroxylation is 4. The van der Waals surface area contributed by atoms with E-state index in [1.165, 1.54) is 16.7 Å². The molecule has 0 aliphatic heterocycles. The first kappa shape index (κ1) is 20.5. The number of hydrogen-bond donors (Lipinski definition) is 0. The number of amides is 1. The van der Waals surface area contributed by atoms with Crippen LogP contribution in [-0.2, 0) is 0 Å². The van der Waals surface area contributed by atoms with Gasteiger partial charge < -0.3 is 4.90 Å². The number of rotatable bonds is 6. The van der Waals surface area contributed by atoms with Gasteiger partial charge in [0.2, 0.25) is 0 Å². The average molecular weight is 396 g/mol. The third-order valence-electron chi connectivity index (χ3n) is 5.07. The second-order valence-corrected chi connectivity index (χ2v) is 8.84. The molecule has 0 unspecified atom stereocenters. The summed E-state index contributed by atoms with van der Waals surface area (Å²) in [5.41, 5.74) is 6.37. The Hall–Kier alpha value is -2.24. The minimum absolute atomic E-state index is 0.0313. The van der Waals surface area contributed by atoms with Crippen LogP contribution in [0.15, 0.2) is 30.3 Å². The Morgan fingerprint density at radius 1 is 0.964 bits per heavy atom. The normalized spacial score (nSPS) is 11.4. The molecule has 0 aliphatic carbocycles. The van der Waals surface area contributed by atoms with Crippen LogP contribution in [0.25, 0.3) is 10.2 Å². The van der Waals surface area contributed by atoms with E-state index in [9.17, 15) is 4.79 Å². The van der Waals surface area contributed by atoms with Crippen LogP contribution in [0, 0.1) is 27.7 Å². The molecule has 0 radical (unpaired) electrons. The van der Waals surface area contributed by atoms with Gasteiger partial charge in [-0.3, -0.25) is 9.69 Å². The van der Waals surface area contributed by atoms with E-state index in [4.69, 9.17) is 4.98 Å². The predicted molar refractivity (Wildman–Crippen MR) is 120 cm³/mol. The highest BCUT2D eigenvalue weighted by molar-refractivity contribution is 7.22. The highest BCUT2D eigenvalue weighted by Gasteiger charge is 2.22. The van der Waals surface area contributed by atoms with Crippen LogP contribution in [0.3, 0.4) is 0 Å². The Bertz CT molecular complexity index is 967. The molecule has 3 rings (SSSR count). The summed E-state index contributed by atoms with van der Waals surface area (Å²) >= 11 is 1.60. The van der Waals surface area contributed by atoms with Crippen LogP contribution in [0.2, 0.25) is 0 Å². The number of anilines is 1. The van der Waals surface area contributed by atoms with Gasteiger partial charge in [-0.05, 0) is 89.6 Å². The van der Waals surface area contributed by atoms with Gasteiger partial charge in [0.15, 0.2) is 5.13 Å². The number of fused-ring (bicyclic) bond motifs is 1. The molecule has 0 fully saturated rings. The van der Waals surface area contributed by atoms with Gasteiger partial charge in [-0.25, -0.2) is 4.98 Å². The van der Waals surface area contributed by atoms with E-state index in [0.717, 1.165) is 39.4 Å². The average Bonchev–Trinajstić information content (AvgIpc) is 3.00. The van der Waals surface area contributed by atoms with Gasteiger partial charge in [0.05, 0.1) is 10.2 Å². The molecule has 3 aromatic rings. The van der Waals surface area contributed by atoms with Crippen molar-refractivity contribution in [2.45, 2.75) is 34.1 Å². The summed E-state index contributed by atoms with van der Waals surface area (Å²) in [6.45, 7) is 9.85. The Labute approximate surface area is 171 Å². The van der Waals surface area contributed by atoms with E-state index in [0.29, 0.717) is 6.54 Å². The van der Waals surface area contributed by atoms with Gasteiger partial charge >= 0.3 is 0 Å². The fourth-order valence-corrected chi connectivity index (χ4v) is 4.38. The predicted octanol–water partition coefficient (Wildman–Crippen LogP) is 5.13. The molecular weight excluding hydrogens is 366 g/mol. The van der Waals surface area contributed by atoms with E-state index < -0.39 is 0 Å². The summed E-state index contributed by atoms with van der Waals surface area (Å²) in [6.07, 6.45) is 0.900. The van der Waals surface area contributed by atoms with E-state index in [-0.39, 0.29) is 5.91 Å². The van der Waals surface area contributed by atoms with Gasteiger partial charge in [0.1, 0.15) is 0 Å². The summed E-state index contributed by atoms with van der Waals surface area (Å²) in [7, 11) is 4.11. The lowest BCUT2D eigenvalue weighted by atomic mass is 10.0. The minimum atomic E-state index is 0.0313. The molecule has 148 valence electrons. The van der Waals surface area contributed by atoms with E-state index in [1.54, 1.807) is 11.3 Å². The van der Waals surface area contributed by atoms with Crippen molar-refractivity contribution in [3.63, 3.8) is 0 Å². The Morgan fingerprint density at radius 2 is 1.68 bits per heavy atom. The molecule has 0 aliphatic rings. The van der Waals surface area contributed by atoms with Crippen molar-refractivity contribution in [3.8, 4) is 0 Å². The molecule has 2 aromatic carbocycles. The van der Waals surface area contributed by atoms with Gasteiger partial charge in [-0.15, -0.1) is 0 Å². The van der Waals surface area contributed by atoms with Crippen LogP contribution in [-0.4, -0.2) is 43.0 Å². The molecule has 0 N–H and O–H groups in total. The number of thiazole rings is 1. The molecule has 5 heteroatoms. The molecule has 0 saturated carbocycles. The topological polar surface area (TPSA) is 36.4 Å². The van der Waals surface area contributed by atoms with Crippen molar-refractivity contribution >= 4 is 32.6 Å². The molecule has 28 heavy (non-hydrogen) atoms. The zero-order valence-electron chi connectivity index (χ0n) is 17.7. The molecule has 1 amide bonds. The number of carbonyl (C=O) groups excluding carboxylic acids is 1. The van der Waals surface area contributed by atoms with Crippen LogP contribution >= 0.6 is 11.3 Å². The van der Waals surface area contributed by atoms with Crippen molar-refractivity contribution < 1.29 is 4.79 Å². The molecular formula is C23H29N3OS. The first-order chi connectivity index (χ1) is 13.3. The monoisotopic (exact) mass is 395 g/mol. The third kappa shape index (κ3) is 4.42. The van der Waals surface area contributed by atoms with Gasteiger partial charge in [-0.2, -0.15) is 0 Å².